The molecule has 6 nitrogen and oxygen atoms in total. The third kappa shape index (κ3) is 5.48. The lowest BCUT2D eigenvalue weighted by molar-refractivity contribution is -0.134. The lowest BCUT2D eigenvalue weighted by atomic mass is 10.1. The van der Waals surface area contributed by atoms with Crippen molar-refractivity contribution in [2.45, 2.75) is 18.9 Å². The molecule has 0 aromatic carbocycles. The number of aliphatic imine (C=N–C) groups is 1. The number of thiol groups is 1. The van der Waals surface area contributed by atoms with Gasteiger partial charge in [-0.25, -0.2) is 4.79 Å². The zero-order valence-electron chi connectivity index (χ0n) is 9.01. The first-order valence-electron chi connectivity index (χ1n) is 4.57. The van der Waals surface area contributed by atoms with Gasteiger partial charge in [-0.2, -0.15) is 0 Å². The second kappa shape index (κ2) is 7.36. The molecular weight excluding hydrogens is 216 g/mol. The van der Waals surface area contributed by atoms with Crippen molar-refractivity contribution in [3.8, 4) is 0 Å². The second-order valence-corrected chi connectivity index (χ2v) is 3.34. The van der Waals surface area contributed by atoms with E-state index in [1.54, 1.807) is 11.9 Å². The minimum Gasteiger partial charge on any atom is -0.393 e. The van der Waals surface area contributed by atoms with Crippen molar-refractivity contribution in [1.82, 2.24) is 4.90 Å². The average molecular weight is 234 g/mol. The Bertz CT molecular complexity index is 235. The molecule has 0 radical (unpaired) electrons. The third-order valence-corrected chi connectivity index (χ3v) is 2.20. The molecule has 0 fully saturated rings. The molecule has 0 heterocycles. The summed E-state index contributed by atoms with van der Waals surface area (Å²) in [5.41, 5.74) is 11.1. The first-order chi connectivity index (χ1) is 7.02. The van der Waals surface area contributed by atoms with Crippen LogP contribution < -0.4 is 11.5 Å². The molecule has 88 valence electrons. The van der Waals surface area contributed by atoms with Crippen molar-refractivity contribution >= 4 is 24.8 Å². The van der Waals surface area contributed by atoms with E-state index in [1.165, 1.54) is 0 Å². The van der Waals surface area contributed by atoms with Gasteiger partial charge in [0.05, 0.1) is 0 Å². The molecule has 0 spiro atoms. The number of carbonyl (C=O) groups is 1. The SMILES string of the molecule is CN=C(N)N(C)CCCC(N)C(=O)OS. The summed E-state index contributed by atoms with van der Waals surface area (Å²) in [5.74, 6) is -0.0570. The van der Waals surface area contributed by atoms with E-state index in [2.05, 4.69) is 22.1 Å². The maximum Gasteiger partial charge on any atom is 0.334 e. The fourth-order valence-electron chi connectivity index (χ4n) is 1.02. The zero-order valence-corrected chi connectivity index (χ0v) is 9.91. The van der Waals surface area contributed by atoms with E-state index in [0.29, 0.717) is 18.9 Å². The number of guanidine groups is 1. The van der Waals surface area contributed by atoms with E-state index in [9.17, 15) is 4.79 Å². The molecule has 0 aliphatic heterocycles. The third-order valence-electron chi connectivity index (χ3n) is 2.02. The molecule has 0 saturated heterocycles. The smallest absolute Gasteiger partial charge is 0.334 e. The van der Waals surface area contributed by atoms with Crippen molar-refractivity contribution in [3.63, 3.8) is 0 Å². The molecule has 0 bridgehead atoms. The summed E-state index contributed by atoms with van der Waals surface area (Å²) in [6.07, 6.45) is 1.26. The van der Waals surface area contributed by atoms with Crippen molar-refractivity contribution in [2.75, 3.05) is 20.6 Å². The van der Waals surface area contributed by atoms with E-state index in [4.69, 9.17) is 11.5 Å². The molecule has 7 heteroatoms. The summed E-state index contributed by atoms with van der Waals surface area (Å²) in [6, 6.07) is -0.629. The molecule has 0 saturated carbocycles. The van der Waals surface area contributed by atoms with Gasteiger partial charge >= 0.3 is 5.97 Å². The quantitative estimate of drug-likeness (QED) is 0.254. The van der Waals surface area contributed by atoms with Crippen LogP contribution in [0, 0.1) is 0 Å². The zero-order chi connectivity index (χ0) is 11.8. The topological polar surface area (TPSA) is 93.9 Å². The Morgan fingerprint density at radius 1 is 1.67 bits per heavy atom. The fourth-order valence-corrected chi connectivity index (χ4v) is 1.15. The summed E-state index contributed by atoms with van der Waals surface area (Å²) in [7, 11) is 3.45. The van der Waals surface area contributed by atoms with Gasteiger partial charge < -0.3 is 20.6 Å². The minimum absolute atomic E-state index is 0.459. The Balaban J connectivity index is 3.75. The van der Waals surface area contributed by atoms with E-state index in [0.717, 1.165) is 6.42 Å². The van der Waals surface area contributed by atoms with Crippen LogP contribution in [0.2, 0.25) is 0 Å². The van der Waals surface area contributed by atoms with E-state index in [-0.39, 0.29) is 0 Å². The maximum atomic E-state index is 10.9. The predicted octanol–water partition coefficient (Wildman–Crippen LogP) is -0.642. The molecule has 0 rings (SSSR count). The van der Waals surface area contributed by atoms with E-state index < -0.39 is 12.0 Å². The molecular formula is C8H18N4O2S. The highest BCUT2D eigenvalue weighted by Crippen LogP contribution is 1.99. The Morgan fingerprint density at radius 2 is 2.27 bits per heavy atom. The molecule has 1 unspecified atom stereocenters. The number of nitrogens with two attached hydrogens (primary N) is 2. The number of rotatable bonds is 5. The van der Waals surface area contributed by atoms with Gasteiger partial charge in [-0.15, -0.1) is 0 Å². The number of nitrogens with zero attached hydrogens (tertiary/aromatic N) is 2. The Labute approximate surface area is 95.3 Å². The van der Waals surface area contributed by atoms with Crippen molar-refractivity contribution < 1.29 is 8.98 Å². The van der Waals surface area contributed by atoms with Crippen molar-refractivity contribution in [1.29, 1.82) is 0 Å². The van der Waals surface area contributed by atoms with Crippen LogP contribution in [0.25, 0.3) is 0 Å². The van der Waals surface area contributed by atoms with Gasteiger partial charge in [0.15, 0.2) is 5.96 Å². The molecule has 0 aromatic rings. The number of hydrogen-bond donors (Lipinski definition) is 3. The Morgan fingerprint density at radius 3 is 2.73 bits per heavy atom. The van der Waals surface area contributed by atoms with Crippen LogP contribution in [0.1, 0.15) is 12.8 Å². The van der Waals surface area contributed by atoms with Gasteiger partial charge in [-0.3, -0.25) is 4.99 Å². The first kappa shape index (κ1) is 14.1. The van der Waals surface area contributed by atoms with Crippen LogP contribution in [0.15, 0.2) is 4.99 Å². The van der Waals surface area contributed by atoms with Crippen LogP contribution in [0.5, 0.6) is 0 Å². The van der Waals surface area contributed by atoms with Crippen LogP contribution in [0.4, 0.5) is 0 Å². The predicted molar refractivity (Wildman–Crippen MR) is 62.5 cm³/mol. The molecule has 1 atom stereocenters. The highest BCUT2D eigenvalue weighted by atomic mass is 32.1. The van der Waals surface area contributed by atoms with Gasteiger partial charge in [-0.1, -0.05) is 0 Å². The monoisotopic (exact) mass is 234 g/mol. The van der Waals surface area contributed by atoms with Gasteiger partial charge in [-0.05, 0) is 12.8 Å². The fraction of sp³-hybridized carbons (Fsp3) is 0.750. The molecule has 4 N–H and O–H groups in total. The summed E-state index contributed by atoms with van der Waals surface area (Å²) >= 11 is 3.39. The van der Waals surface area contributed by atoms with E-state index in [1.807, 2.05) is 7.05 Å². The van der Waals surface area contributed by atoms with Crippen LogP contribution in [-0.4, -0.2) is 43.5 Å². The van der Waals surface area contributed by atoms with Gasteiger partial charge in [0, 0.05) is 33.5 Å². The number of hydrogen-bond acceptors (Lipinski definition) is 5. The highest BCUT2D eigenvalue weighted by molar-refractivity contribution is 7.75. The van der Waals surface area contributed by atoms with Crippen molar-refractivity contribution in [2.24, 2.45) is 16.5 Å². The first-order valence-corrected chi connectivity index (χ1v) is 4.93. The van der Waals surface area contributed by atoms with Crippen molar-refractivity contribution in [3.05, 3.63) is 0 Å². The normalized spacial score (nSPS) is 13.5. The molecule has 0 aromatic heterocycles. The van der Waals surface area contributed by atoms with Crippen LogP contribution in [0.3, 0.4) is 0 Å². The van der Waals surface area contributed by atoms with Crippen LogP contribution in [-0.2, 0) is 8.98 Å². The van der Waals surface area contributed by atoms with Gasteiger partial charge in [0.25, 0.3) is 0 Å². The minimum atomic E-state index is -0.629. The molecule has 0 amide bonds. The molecule has 15 heavy (non-hydrogen) atoms. The second-order valence-electron chi connectivity index (χ2n) is 3.16. The Hall–Kier alpha value is -0.950. The van der Waals surface area contributed by atoms with Gasteiger partial charge in [0.2, 0.25) is 0 Å². The summed E-state index contributed by atoms with van der Waals surface area (Å²) in [4.78, 5) is 16.5. The lowest BCUT2D eigenvalue weighted by Crippen LogP contribution is -2.36. The summed E-state index contributed by atoms with van der Waals surface area (Å²) in [6.45, 7) is 0.691. The number of carbonyl (C=O) groups excluding carboxylic acids is 1. The highest BCUT2D eigenvalue weighted by Gasteiger charge is 2.13. The standard InChI is InChI=1S/C8H18N4O2S/c1-11-8(10)12(2)5-3-4-6(9)7(13)14-15/h6,15H,3-5,9H2,1-2H3,(H2,10,11). The maximum absolute atomic E-state index is 10.9. The molecule has 0 aliphatic rings. The van der Waals surface area contributed by atoms with Gasteiger partial charge in [0.1, 0.15) is 6.04 Å². The summed E-state index contributed by atoms with van der Waals surface area (Å²) in [5, 5.41) is 0. The summed E-state index contributed by atoms with van der Waals surface area (Å²) < 4.78 is 4.21. The average Bonchev–Trinajstić information content (AvgIpc) is 2.26. The lowest BCUT2D eigenvalue weighted by Gasteiger charge is -2.18. The molecule has 0 aliphatic carbocycles. The largest absolute Gasteiger partial charge is 0.393 e. The van der Waals surface area contributed by atoms with Crippen LogP contribution >= 0.6 is 12.9 Å². The van der Waals surface area contributed by atoms with E-state index >= 15 is 0 Å². The Kier molecular flexibility index (Phi) is 6.89.